The van der Waals surface area contributed by atoms with E-state index in [-0.39, 0.29) is 6.42 Å². The maximum atomic E-state index is 10.6. The molecule has 1 saturated heterocycles. The molecule has 0 amide bonds. The first-order valence-electron chi connectivity index (χ1n) is 7.47. The summed E-state index contributed by atoms with van der Waals surface area (Å²) in [7, 11) is 4.12. The third kappa shape index (κ3) is 5.02. The number of piperazine rings is 1. The molecule has 2 rings (SSSR count). The van der Waals surface area contributed by atoms with Gasteiger partial charge in [-0.05, 0) is 31.8 Å². The quantitative estimate of drug-likeness (QED) is 0.857. The third-order valence-electron chi connectivity index (χ3n) is 3.94. The molecule has 1 fully saturated rings. The summed E-state index contributed by atoms with van der Waals surface area (Å²) < 4.78 is 0. The normalized spacial score (nSPS) is 16.4. The number of likely N-dealkylation sites (N-methyl/N-ethyl adjacent to an activating group) is 1. The Morgan fingerprint density at radius 1 is 1.29 bits per heavy atom. The second kappa shape index (κ2) is 7.43. The van der Waals surface area contributed by atoms with Gasteiger partial charge in [0.1, 0.15) is 0 Å². The number of anilines is 1. The van der Waals surface area contributed by atoms with Crippen molar-refractivity contribution in [3.05, 3.63) is 29.8 Å². The van der Waals surface area contributed by atoms with E-state index in [0.29, 0.717) is 6.54 Å². The Labute approximate surface area is 126 Å². The van der Waals surface area contributed by atoms with Crippen LogP contribution in [0.15, 0.2) is 24.3 Å². The Balaban J connectivity index is 1.92. The van der Waals surface area contributed by atoms with Gasteiger partial charge in [-0.25, -0.2) is 0 Å². The minimum Gasteiger partial charge on any atom is -0.481 e. The van der Waals surface area contributed by atoms with Crippen molar-refractivity contribution < 1.29 is 9.90 Å². The molecule has 1 heterocycles. The molecule has 0 saturated carbocycles. The van der Waals surface area contributed by atoms with Crippen LogP contribution < -0.4 is 4.90 Å². The van der Waals surface area contributed by atoms with Gasteiger partial charge in [-0.2, -0.15) is 0 Å². The zero-order chi connectivity index (χ0) is 15.2. The van der Waals surface area contributed by atoms with Gasteiger partial charge in [0.05, 0.1) is 6.42 Å². The molecule has 21 heavy (non-hydrogen) atoms. The van der Waals surface area contributed by atoms with Crippen LogP contribution in [0.3, 0.4) is 0 Å². The maximum Gasteiger partial charge on any atom is 0.304 e. The molecule has 0 radical (unpaired) electrons. The minimum absolute atomic E-state index is 0.189. The lowest BCUT2D eigenvalue weighted by Crippen LogP contribution is -2.44. The van der Waals surface area contributed by atoms with E-state index in [4.69, 9.17) is 5.11 Å². The van der Waals surface area contributed by atoms with Crippen LogP contribution in [0, 0.1) is 0 Å². The first kappa shape index (κ1) is 15.8. The highest BCUT2D eigenvalue weighted by atomic mass is 16.4. The number of carboxylic acids is 1. The lowest BCUT2D eigenvalue weighted by atomic mass is 10.1. The third-order valence-corrected chi connectivity index (χ3v) is 3.94. The highest BCUT2D eigenvalue weighted by molar-refractivity contribution is 5.66. The van der Waals surface area contributed by atoms with Crippen LogP contribution in [0.2, 0.25) is 0 Å². The fourth-order valence-electron chi connectivity index (χ4n) is 2.59. The molecule has 0 unspecified atom stereocenters. The Bertz CT molecular complexity index is 470. The number of benzene rings is 1. The predicted octanol–water partition coefficient (Wildman–Crippen LogP) is 1.34. The zero-order valence-corrected chi connectivity index (χ0v) is 13.0. The van der Waals surface area contributed by atoms with E-state index in [1.807, 2.05) is 7.05 Å². The molecule has 116 valence electrons. The second-order valence-electron chi connectivity index (χ2n) is 5.84. The van der Waals surface area contributed by atoms with E-state index in [9.17, 15) is 4.79 Å². The van der Waals surface area contributed by atoms with E-state index in [0.717, 1.165) is 32.7 Å². The molecule has 1 aliphatic heterocycles. The van der Waals surface area contributed by atoms with Crippen molar-refractivity contribution in [1.29, 1.82) is 0 Å². The molecule has 1 aromatic rings. The van der Waals surface area contributed by atoms with E-state index >= 15 is 0 Å². The van der Waals surface area contributed by atoms with Gasteiger partial charge in [-0.15, -0.1) is 0 Å². The average Bonchev–Trinajstić information content (AvgIpc) is 2.46. The largest absolute Gasteiger partial charge is 0.481 e. The number of carboxylic acid groups (broad SMARTS) is 1. The first-order chi connectivity index (χ1) is 10.0. The second-order valence-corrected chi connectivity index (χ2v) is 5.84. The molecule has 5 heteroatoms. The van der Waals surface area contributed by atoms with Crippen molar-refractivity contribution in [2.24, 2.45) is 0 Å². The summed E-state index contributed by atoms with van der Waals surface area (Å²) in [5.74, 6) is -0.743. The minimum atomic E-state index is -0.743. The van der Waals surface area contributed by atoms with Crippen LogP contribution in [0.5, 0.6) is 0 Å². The molecule has 0 spiro atoms. The summed E-state index contributed by atoms with van der Waals surface area (Å²) in [6, 6.07) is 8.58. The van der Waals surface area contributed by atoms with Gasteiger partial charge in [-0.3, -0.25) is 4.79 Å². The highest BCUT2D eigenvalue weighted by Gasteiger charge is 2.14. The molecule has 0 atom stereocenters. The van der Waals surface area contributed by atoms with Crippen molar-refractivity contribution in [1.82, 2.24) is 9.80 Å². The summed E-state index contributed by atoms with van der Waals surface area (Å²) in [6.07, 6.45) is 0.189. The monoisotopic (exact) mass is 291 g/mol. The van der Waals surface area contributed by atoms with Crippen molar-refractivity contribution in [3.8, 4) is 0 Å². The van der Waals surface area contributed by atoms with Crippen molar-refractivity contribution in [2.45, 2.75) is 13.0 Å². The number of nitrogens with zero attached hydrogens (tertiary/aromatic N) is 3. The van der Waals surface area contributed by atoms with Crippen LogP contribution >= 0.6 is 0 Å². The van der Waals surface area contributed by atoms with Gasteiger partial charge < -0.3 is 19.8 Å². The Kier molecular flexibility index (Phi) is 5.59. The Hall–Kier alpha value is -1.59. The summed E-state index contributed by atoms with van der Waals surface area (Å²) in [5.41, 5.74) is 2.51. The average molecular weight is 291 g/mol. The van der Waals surface area contributed by atoms with Crippen LogP contribution in [0.4, 0.5) is 5.69 Å². The smallest absolute Gasteiger partial charge is 0.304 e. The van der Waals surface area contributed by atoms with Gasteiger partial charge in [-0.1, -0.05) is 12.1 Å². The molecule has 1 N–H and O–H groups in total. The number of carbonyl (C=O) groups is 1. The molecule has 1 aromatic carbocycles. The molecule has 0 bridgehead atoms. The summed E-state index contributed by atoms with van der Waals surface area (Å²) in [4.78, 5) is 17.4. The van der Waals surface area contributed by atoms with Crippen LogP contribution in [-0.2, 0) is 11.3 Å². The van der Waals surface area contributed by atoms with Gasteiger partial charge >= 0.3 is 5.97 Å². The highest BCUT2D eigenvalue weighted by Crippen LogP contribution is 2.18. The van der Waals surface area contributed by atoms with Crippen molar-refractivity contribution in [3.63, 3.8) is 0 Å². The SMILES string of the molecule is CN1CCN(c2cccc(CN(C)CCC(=O)O)c2)CC1. The van der Waals surface area contributed by atoms with Crippen molar-refractivity contribution >= 4 is 11.7 Å². The first-order valence-corrected chi connectivity index (χ1v) is 7.47. The molecule has 5 nitrogen and oxygen atoms in total. The number of aliphatic carboxylic acids is 1. The van der Waals surface area contributed by atoms with E-state index in [1.165, 1.54) is 11.3 Å². The number of hydrogen-bond acceptors (Lipinski definition) is 4. The van der Waals surface area contributed by atoms with E-state index in [1.54, 1.807) is 0 Å². The molecule has 0 aromatic heterocycles. The summed E-state index contributed by atoms with van der Waals surface area (Å²) in [5, 5.41) is 8.73. The Morgan fingerprint density at radius 3 is 2.67 bits per heavy atom. The molecule has 1 aliphatic rings. The van der Waals surface area contributed by atoms with Crippen LogP contribution in [-0.4, -0.2) is 67.7 Å². The van der Waals surface area contributed by atoms with Crippen LogP contribution in [0.1, 0.15) is 12.0 Å². The van der Waals surface area contributed by atoms with Gasteiger partial charge in [0.15, 0.2) is 0 Å². The molecular formula is C16H25N3O2. The molecular weight excluding hydrogens is 266 g/mol. The maximum absolute atomic E-state index is 10.6. The van der Waals surface area contributed by atoms with Gasteiger partial charge in [0.2, 0.25) is 0 Å². The fourth-order valence-corrected chi connectivity index (χ4v) is 2.59. The van der Waals surface area contributed by atoms with E-state index in [2.05, 4.69) is 46.0 Å². The molecule has 0 aliphatic carbocycles. The topological polar surface area (TPSA) is 47.0 Å². The zero-order valence-electron chi connectivity index (χ0n) is 13.0. The fraction of sp³-hybridized carbons (Fsp3) is 0.562. The number of rotatable bonds is 6. The van der Waals surface area contributed by atoms with Gasteiger partial charge in [0.25, 0.3) is 0 Å². The summed E-state index contributed by atoms with van der Waals surface area (Å²) in [6.45, 7) is 5.69. The Morgan fingerprint density at radius 2 is 2.00 bits per heavy atom. The van der Waals surface area contributed by atoms with Crippen LogP contribution in [0.25, 0.3) is 0 Å². The number of hydrogen-bond donors (Lipinski definition) is 1. The van der Waals surface area contributed by atoms with E-state index < -0.39 is 5.97 Å². The lowest BCUT2D eigenvalue weighted by molar-refractivity contribution is -0.137. The standard InChI is InChI=1S/C16H25N3O2/c1-17-8-10-19(11-9-17)15-5-3-4-14(12-15)13-18(2)7-6-16(20)21/h3-5,12H,6-11,13H2,1-2H3,(H,20,21). The van der Waals surface area contributed by atoms with Crippen molar-refractivity contribution in [2.75, 3.05) is 51.7 Å². The lowest BCUT2D eigenvalue weighted by Gasteiger charge is -2.34. The summed E-state index contributed by atoms with van der Waals surface area (Å²) >= 11 is 0. The predicted molar refractivity (Wildman–Crippen MR) is 84.7 cm³/mol. The van der Waals surface area contributed by atoms with Gasteiger partial charge in [0, 0.05) is 45.0 Å².